The summed E-state index contributed by atoms with van der Waals surface area (Å²) in [4.78, 5) is 0. The number of hydrogen-bond acceptors (Lipinski definition) is 2. The largest absolute Gasteiger partial charge is 0.396 e. The molecule has 0 saturated heterocycles. The van der Waals surface area contributed by atoms with E-state index in [4.69, 9.17) is 10.2 Å². The van der Waals surface area contributed by atoms with Crippen molar-refractivity contribution in [1.82, 2.24) is 0 Å². The van der Waals surface area contributed by atoms with Crippen LogP contribution in [-0.4, -0.2) is 23.4 Å². The third-order valence-electron chi connectivity index (χ3n) is 3.00. The molecule has 2 aliphatic rings. The molecule has 2 heteroatoms. The van der Waals surface area contributed by atoms with Crippen LogP contribution in [0.25, 0.3) is 0 Å². The third kappa shape index (κ3) is 0.578. The molecule has 0 bridgehead atoms. The molecule has 0 aromatic heterocycles. The molecule has 2 fully saturated rings. The van der Waals surface area contributed by atoms with Crippen molar-refractivity contribution < 1.29 is 10.2 Å². The van der Waals surface area contributed by atoms with Crippen LogP contribution in [0.4, 0.5) is 0 Å². The van der Waals surface area contributed by atoms with E-state index in [0.717, 1.165) is 12.8 Å². The summed E-state index contributed by atoms with van der Waals surface area (Å²) < 4.78 is 0. The predicted octanol–water partition coefficient (Wildman–Crippen LogP) is -0.00280. The summed E-state index contributed by atoms with van der Waals surface area (Å²) in [6.45, 7) is 0.660. The molecule has 2 saturated carbocycles. The third-order valence-corrected chi connectivity index (χ3v) is 3.00. The Kier molecular flexibility index (Phi) is 0.945. The highest BCUT2D eigenvalue weighted by atomic mass is 16.3. The molecule has 3 atom stereocenters. The van der Waals surface area contributed by atoms with Crippen molar-refractivity contribution in [3.8, 4) is 0 Å². The Balaban J connectivity index is 1.90. The maximum atomic E-state index is 8.71. The fraction of sp³-hybridized carbons (Fsp3) is 1.00. The number of aliphatic hydroxyl groups is 2. The van der Waals surface area contributed by atoms with Crippen LogP contribution in [0.5, 0.6) is 0 Å². The minimum absolute atomic E-state index is 0.330. The van der Waals surface area contributed by atoms with Crippen LogP contribution in [0, 0.1) is 17.3 Å². The molecular weight excluding hydrogens is 116 g/mol. The zero-order chi connectivity index (χ0) is 6.48. The van der Waals surface area contributed by atoms with Crippen LogP contribution in [0.2, 0.25) is 0 Å². The maximum absolute atomic E-state index is 8.71. The normalized spacial score (nSPS) is 54.0. The first-order valence-electron chi connectivity index (χ1n) is 3.55. The lowest BCUT2D eigenvalue weighted by atomic mass is 10.2. The van der Waals surface area contributed by atoms with E-state index in [0.29, 0.717) is 30.5 Å². The Morgan fingerprint density at radius 3 is 1.78 bits per heavy atom. The molecular formula is C7H12O2. The van der Waals surface area contributed by atoms with Crippen molar-refractivity contribution in [3.63, 3.8) is 0 Å². The van der Waals surface area contributed by atoms with Crippen LogP contribution < -0.4 is 0 Å². The van der Waals surface area contributed by atoms with E-state index < -0.39 is 0 Å². The van der Waals surface area contributed by atoms with E-state index in [1.165, 1.54) is 0 Å². The molecule has 52 valence electrons. The monoisotopic (exact) mass is 128 g/mol. The summed E-state index contributed by atoms with van der Waals surface area (Å²) in [6.07, 6.45) is 2.32. The van der Waals surface area contributed by atoms with E-state index in [9.17, 15) is 0 Å². The quantitative estimate of drug-likeness (QED) is 0.549. The van der Waals surface area contributed by atoms with Gasteiger partial charge in [-0.3, -0.25) is 0 Å². The molecule has 0 aromatic rings. The number of hydrogen-bond donors (Lipinski definition) is 2. The van der Waals surface area contributed by atoms with Gasteiger partial charge in [-0.2, -0.15) is 0 Å². The van der Waals surface area contributed by atoms with Gasteiger partial charge in [-0.05, 0) is 30.1 Å². The molecule has 2 N–H and O–H groups in total. The first kappa shape index (κ1) is 5.69. The Bertz CT molecular complexity index is 117. The first-order chi connectivity index (χ1) is 4.33. The van der Waals surface area contributed by atoms with Crippen molar-refractivity contribution >= 4 is 0 Å². The van der Waals surface area contributed by atoms with Gasteiger partial charge in [-0.15, -0.1) is 0 Å². The van der Waals surface area contributed by atoms with E-state index in [-0.39, 0.29) is 0 Å². The average molecular weight is 128 g/mol. The summed E-state index contributed by atoms with van der Waals surface area (Å²) in [5.74, 6) is 1.07. The maximum Gasteiger partial charge on any atom is 0.0464 e. The summed E-state index contributed by atoms with van der Waals surface area (Å²) >= 11 is 0. The van der Waals surface area contributed by atoms with Gasteiger partial charge in [0.15, 0.2) is 0 Å². The lowest BCUT2D eigenvalue weighted by molar-refractivity contribution is 0.244. The van der Waals surface area contributed by atoms with Crippen molar-refractivity contribution in [1.29, 1.82) is 0 Å². The summed E-state index contributed by atoms with van der Waals surface area (Å²) in [7, 11) is 0. The number of rotatable bonds is 2. The Hall–Kier alpha value is -0.0800. The lowest BCUT2D eigenvalue weighted by Crippen LogP contribution is -1.93. The van der Waals surface area contributed by atoms with E-state index in [1.807, 2.05) is 0 Å². The van der Waals surface area contributed by atoms with Crippen LogP contribution in [-0.2, 0) is 0 Å². The molecule has 2 nitrogen and oxygen atoms in total. The van der Waals surface area contributed by atoms with Crippen LogP contribution in [0.3, 0.4) is 0 Å². The van der Waals surface area contributed by atoms with Gasteiger partial charge in [-0.1, -0.05) is 0 Å². The summed E-state index contributed by atoms with van der Waals surface area (Å²) in [6, 6.07) is 0. The predicted molar refractivity (Wildman–Crippen MR) is 32.8 cm³/mol. The molecule has 0 aromatic carbocycles. The standard InChI is InChI=1S/C7H12O2/c8-3-5-1-7(5)2-6(7)4-9/h5-6,8-9H,1-4H2/t5-,6+,7?. The van der Waals surface area contributed by atoms with Gasteiger partial charge in [0.25, 0.3) is 0 Å². The van der Waals surface area contributed by atoms with Crippen molar-refractivity contribution in [2.24, 2.45) is 17.3 Å². The summed E-state index contributed by atoms with van der Waals surface area (Å²) in [5, 5.41) is 17.4. The Morgan fingerprint density at radius 2 is 1.56 bits per heavy atom. The van der Waals surface area contributed by atoms with Gasteiger partial charge < -0.3 is 10.2 Å². The van der Waals surface area contributed by atoms with E-state index >= 15 is 0 Å². The second kappa shape index (κ2) is 1.50. The summed E-state index contributed by atoms with van der Waals surface area (Å²) in [5.41, 5.74) is 0.434. The zero-order valence-corrected chi connectivity index (χ0v) is 5.38. The minimum atomic E-state index is 0.330. The second-order valence-electron chi connectivity index (χ2n) is 3.40. The zero-order valence-electron chi connectivity index (χ0n) is 5.38. The molecule has 0 amide bonds. The van der Waals surface area contributed by atoms with Gasteiger partial charge in [-0.25, -0.2) is 0 Å². The van der Waals surface area contributed by atoms with Gasteiger partial charge in [0.05, 0.1) is 0 Å². The smallest absolute Gasteiger partial charge is 0.0464 e. The fourth-order valence-corrected chi connectivity index (χ4v) is 2.04. The first-order valence-corrected chi connectivity index (χ1v) is 3.55. The van der Waals surface area contributed by atoms with Crippen LogP contribution in [0.15, 0.2) is 0 Å². The highest BCUT2D eigenvalue weighted by Crippen LogP contribution is 2.74. The topological polar surface area (TPSA) is 40.5 Å². The number of aliphatic hydroxyl groups excluding tert-OH is 2. The van der Waals surface area contributed by atoms with E-state index in [1.54, 1.807) is 0 Å². The average Bonchev–Trinajstić information content (AvgIpc) is 2.74. The van der Waals surface area contributed by atoms with Crippen LogP contribution in [0.1, 0.15) is 12.8 Å². The van der Waals surface area contributed by atoms with Crippen molar-refractivity contribution in [2.75, 3.05) is 13.2 Å². The molecule has 1 unspecified atom stereocenters. The minimum Gasteiger partial charge on any atom is -0.396 e. The van der Waals surface area contributed by atoms with Crippen molar-refractivity contribution in [3.05, 3.63) is 0 Å². The lowest BCUT2D eigenvalue weighted by Gasteiger charge is -1.88. The second-order valence-corrected chi connectivity index (χ2v) is 3.40. The van der Waals surface area contributed by atoms with Gasteiger partial charge in [0, 0.05) is 13.2 Å². The van der Waals surface area contributed by atoms with Gasteiger partial charge in [0.2, 0.25) is 0 Å². The molecule has 2 rings (SSSR count). The highest BCUT2D eigenvalue weighted by molar-refractivity contribution is 5.17. The molecule has 0 heterocycles. The van der Waals surface area contributed by atoms with Gasteiger partial charge in [0.1, 0.15) is 0 Å². The molecule has 2 aliphatic carbocycles. The Morgan fingerprint density at radius 1 is 1.11 bits per heavy atom. The highest BCUT2D eigenvalue weighted by Gasteiger charge is 2.69. The molecule has 0 aliphatic heterocycles. The fourth-order valence-electron chi connectivity index (χ4n) is 2.04. The molecule has 1 spiro atoms. The van der Waals surface area contributed by atoms with E-state index in [2.05, 4.69) is 0 Å². The Labute approximate surface area is 54.5 Å². The SMILES string of the molecule is OC[C@@H]1CC12C[C@@H]2CO. The molecule has 9 heavy (non-hydrogen) atoms. The van der Waals surface area contributed by atoms with Gasteiger partial charge >= 0.3 is 0 Å². The van der Waals surface area contributed by atoms with Crippen molar-refractivity contribution in [2.45, 2.75) is 12.8 Å². The van der Waals surface area contributed by atoms with Crippen LogP contribution >= 0.6 is 0 Å². The molecule has 0 radical (unpaired) electrons.